The van der Waals surface area contributed by atoms with Crippen molar-refractivity contribution in [2.75, 3.05) is 24.5 Å². The number of aromatic nitrogens is 1. The van der Waals surface area contributed by atoms with Gasteiger partial charge < -0.3 is 10.2 Å². The summed E-state index contributed by atoms with van der Waals surface area (Å²) in [6, 6.07) is 2.29. The minimum atomic E-state index is 0.859. The molecule has 2 rings (SSSR count). The summed E-state index contributed by atoms with van der Waals surface area (Å²) in [5.41, 5.74) is 2.61. The van der Waals surface area contributed by atoms with Gasteiger partial charge in [-0.1, -0.05) is 13.8 Å². The SMILES string of the molecule is CCCNCc1cnc(N2CCCC(C)CC2)c(C)c1. The monoisotopic (exact) mass is 275 g/mol. The Balaban J connectivity index is 2.01. The molecule has 2 heterocycles. The fourth-order valence-corrected chi connectivity index (χ4v) is 2.94. The molecular weight excluding hydrogens is 246 g/mol. The third kappa shape index (κ3) is 4.20. The van der Waals surface area contributed by atoms with E-state index in [1.165, 1.54) is 42.6 Å². The minimum Gasteiger partial charge on any atom is -0.356 e. The molecular formula is C17H29N3. The predicted molar refractivity (Wildman–Crippen MR) is 86.2 cm³/mol. The lowest BCUT2D eigenvalue weighted by Crippen LogP contribution is -2.26. The molecule has 1 aromatic rings. The molecule has 1 aliphatic heterocycles. The van der Waals surface area contributed by atoms with Gasteiger partial charge in [0.15, 0.2) is 0 Å². The second kappa shape index (κ2) is 7.63. The standard InChI is InChI=1S/C17H29N3/c1-4-8-18-12-16-11-15(3)17(19-13-16)20-9-5-6-14(2)7-10-20/h11,13-14,18H,4-10,12H2,1-3H3. The Morgan fingerprint density at radius 2 is 2.20 bits per heavy atom. The summed E-state index contributed by atoms with van der Waals surface area (Å²) in [6.45, 7) is 11.1. The molecule has 3 heteroatoms. The second-order valence-corrected chi connectivity index (χ2v) is 6.18. The number of pyridine rings is 1. The summed E-state index contributed by atoms with van der Waals surface area (Å²) in [6.07, 6.45) is 7.16. The van der Waals surface area contributed by atoms with Crippen molar-refractivity contribution in [2.45, 2.75) is 53.0 Å². The van der Waals surface area contributed by atoms with E-state index in [1.54, 1.807) is 0 Å². The van der Waals surface area contributed by atoms with E-state index in [2.05, 4.69) is 37.1 Å². The molecule has 0 aliphatic carbocycles. The molecule has 0 radical (unpaired) electrons. The first-order chi connectivity index (χ1) is 9.70. The van der Waals surface area contributed by atoms with Gasteiger partial charge in [-0.05, 0) is 62.3 Å². The molecule has 20 heavy (non-hydrogen) atoms. The molecule has 1 unspecified atom stereocenters. The van der Waals surface area contributed by atoms with Gasteiger partial charge in [0.25, 0.3) is 0 Å². The van der Waals surface area contributed by atoms with Gasteiger partial charge in [0.05, 0.1) is 0 Å². The maximum absolute atomic E-state index is 4.73. The van der Waals surface area contributed by atoms with Gasteiger partial charge in [-0.25, -0.2) is 4.98 Å². The Bertz CT molecular complexity index is 417. The first kappa shape index (κ1) is 15.3. The molecule has 1 fully saturated rings. The summed E-state index contributed by atoms with van der Waals surface area (Å²) in [5, 5.41) is 3.44. The van der Waals surface area contributed by atoms with Gasteiger partial charge in [0.1, 0.15) is 5.82 Å². The van der Waals surface area contributed by atoms with Crippen LogP contribution in [0.2, 0.25) is 0 Å². The Morgan fingerprint density at radius 3 is 2.95 bits per heavy atom. The summed E-state index contributed by atoms with van der Waals surface area (Å²) in [5.74, 6) is 2.05. The molecule has 1 saturated heterocycles. The molecule has 1 atom stereocenters. The van der Waals surface area contributed by atoms with Crippen LogP contribution >= 0.6 is 0 Å². The van der Waals surface area contributed by atoms with Crippen LogP contribution in [0.1, 0.15) is 50.7 Å². The van der Waals surface area contributed by atoms with Gasteiger partial charge in [-0.15, -0.1) is 0 Å². The third-order valence-corrected chi connectivity index (χ3v) is 4.18. The highest BCUT2D eigenvalue weighted by Gasteiger charge is 2.16. The Morgan fingerprint density at radius 1 is 1.35 bits per heavy atom. The fraction of sp³-hybridized carbons (Fsp3) is 0.706. The lowest BCUT2D eigenvalue weighted by molar-refractivity contribution is 0.521. The number of anilines is 1. The summed E-state index contributed by atoms with van der Waals surface area (Å²) >= 11 is 0. The molecule has 112 valence electrons. The lowest BCUT2D eigenvalue weighted by atomic mass is 10.0. The van der Waals surface area contributed by atoms with Crippen LogP contribution in [-0.4, -0.2) is 24.6 Å². The predicted octanol–water partition coefficient (Wildman–Crippen LogP) is 3.52. The van der Waals surface area contributed by atoms with Gasteiger partial charge >= 0.3 is 0 Å². The number of nitrogens with one attached hydrogen (secondary N) is 1. The zero-order valence-electron chi connectivity index (χ0n) is 13.3. The van der Waals surface area contributed by atoms with E-state index < -0.39 is 0 Å². The highest BCUT2D eigenvalue weighted by atomic mass is 15.2. The van der Waals surface area contributed by atoms with E-state index in [0.29, 0.717) is 0 Å². The Hall–Kier alpha value is -1.09. The number of nitrogens with zero attached hydrogens (tertiary/aromatic N) is 2. The van der Waals surface area contributed by atoms with Crippen molar-refractivity contribution in [2.24, 2.45) is 5.92 Å². The average Bonchev–Trinajstić information content (AvgIpc) is 2.64. The summed E-state index contributed by atoms with van der Waals surface area (Å²) < 4.78 is 0. The van der Waals surface area contributed by atoms with Crippen molar-refractivity contribution in [3.8, 4) is 0 Å². The highest BCUT2D eigenvalue weighted by Crippen LogP contribution is 2.23. The zero-order chi connectivity index (χ0) is 14.4. The molecule has 1 aliphatic rings. The largest absolute Gasteiger partial charge is 0.356 e. The summed E-state index contributed by atoms with van der Waals surface area (Å²) in [4.78, 5) is 7.21. The van der Waals surface area contributed by atoms with Crippen LogP contribution in [0.15, 0.2) is 12.3 Å². The van der Waals surface area contributed by atoms with Crippen molar-refractivity contribution in [3.63, 3.8) is 0 Å². The Kier molecular flexibility index (Phi) is 5.84. The zero-order valence-corrected chi connectivity index (χ0v) is 13.3. The number of aryl methyl sites for hydroxylation is 1. The first-order valence-corrected chi connectivity index (χ1v) is 8.12. The number of rotatable bonds is 5. The smallest absolute Gasteiger partial charge is 0.131 e. The normalized spacial score (nSPS) is 19.9. The Labute approximate surface area is 123 Å². The second-order valence-electron chi connectivity index (χ2n) is 6.18. The molecule has 3 nitrogen and oxygen atoms in total. The maximum atomic E-state index is 4.73. The van der Waals surface area contributed by atoms with Crippen LogP contribution in [0.5, 0.6) is 0 Å². The topological polar surface area (TPSA) is 28.2 Å². The van der Waals surface area contributed by atoms with Crippen molar-refractivity contribution in [1.29, 1.82) is 0 Å². The minimum absolute atomic E-state index is 0.859. The third-order valence-electron chi connectivity index (χ3n) is 4.18. The highest BCUT2D eigenvalue weighted by molar-refractivity contribution is 5.47. The quantitative estimate of drug-likeness (QED) is 0.833. The van der Waals surface area contributed by atoms with Crippen molar-refractivity contribution in [3.05, 3.63) is 23.4 Å². The van der Waals surface area contributed by atoms with E-state index in [-0.39, 0.29) is 0 Å². The van der Waals surface area contributed by atoms with E-state index in [9.17, 15) is 0 Å². The van der Waals surface area contributed by atoms with Crippen molar-refractivity contribution < 1.29 is 0 Å². The lowest BCUT2D eigenvalue weighted by Gasteiger charge is -2.23. The van der Waals surface area contributed by atoms with Gasteiger partial charge in [0, 0.05) is 25.8 Å². The number of hydrogen-bond donors (Lipinski definition) is 1. The number of hydrogen-bond acceptors (Lipinski definition) is 3. The van der Waals surface area contributed by atoms with Crippen LogP contribution in [0, 0.1) is 12.8 Å². The van der Waals surface area contributed by atoms with Crippen LogP contribution in [0.25, 0.3) is 0 Å². The molecule has 0 amide bonds. The van der Waals surface area contributed by atoms with E-state index in [4.69, 9.17) is 4.98 Å². The molecule has 1 N–H and O–H groups in total. The summed E-state index contributed by atoms with van der Waals surface area (Å²) in [7, 11) is 0. The first-order valence-electron chi connectivity index (χ1n) is 8.12. The van der Waals surface area contributed by atoms with E-state index in [1.807, 2.05) is 6.20 Å². The van der Waals surface area contributed by atoms with Crippen molar-refractivity contribution >= 4 is 5.82 Å². The van der Waals surface area contributed by atoms with Gasteiger partial charge in [-0.3, -0.25) is 0 Å². The van der Waals surface area contributed by atoms with Gasteiger partial charge in [0.2, 0.25) is 0 Å². The van der Waals surface area contributed by atoms with Crippen LogP contribution in [0.4, 0.5) is 5.82 Å². The van der Waals surface area contributed by atoms with Crippen molar-refractivity contribution in [1.82, 2.24) is 10.3 Å². The van der Waals surface area contributed by atoms with Crippen LogP contribution in [0.3, 0.4) is 0 Å². The van der Waals surface area contributed by atoms with Gasteiger partial charge in [-0.2, -0.15) is 0 Å². The van der Waals surface area contributed by atoms with E-state index in [0.717, 1.165) is 32.1 Å². The molecule has 0 spiro atoms. The van der Waals surface area contributed by atoms with E-state index >= 15 is 0 Å². The molecule has 1 aromatic heterocycles. The van der Waals surface area contributed by atoms with Crippen LogP contribution in [-0.2, 0) is 6.54 Å². The maximum Gasteiger partial charge on any atom is 0.131 e. The van der Waals surface area contributed by atoms with Crippen LogP contribution < -0.4 is 10.2 Å². The fourth-order valence-electron chi connectivity index (χ4n) is 2.94. The average molecular weight is 275 g/mol. The molecule has 0 saturated carbocycles. The molecule has 0 aromatic carbocycles. The molecule has 0 bridgehead atoms.